The number of guanidine groups is 1. The predicted molar refractivity (Wildman–Crippen MR) is 151 cm³/mol. The molecule has 1 saturated heterocycles. The number of halogens is 2. The molecule has 1 aliphatic heterocycles. The topological polar surface area (TPSA) is 185 Å². The van der Waals surface area contributed by atoms with Crippen molar-refractivity contribution >= 4 is 64.9 Å². The van der Waals surface area contributed by atoms with Crippen LogP contribution in [-0.4, -0.2) is 55.0 Å². The third-order valence-corrected chi connectivity index (χ3v) is 5.80. The number of anilines is 1. The number of hydrogen-bond acceptors (Lipinski definition) is 7. The highest BCUT2D eigenvalue weighted by atomic mass is 35.5. The second-order valence-electron chi connectivity index (χ2n) is 8.23. The zero-order valence-corrected chi connectivity index (χ0v) is 21.9. The molecule has 0 aliphatic carbocycles. The standard InChI is InChI=1S/C25H27N7O4.2ClH/c26-22(33)14-20-19-7-3-17(23(27)28)13-16(19)4-8-21(20)36-24(34)15-1-5-18(6-2-15)32(25(29)30)31-9-11-35-12-10-31;;/h1-8,13H,9-12,14H2,(H2,26,33)(H3,27,28)(H3,29,30);2*1H. The summed E-state index contributed by atoms with van der Waals surface area (Å²) in [6.07, 6.45) is -0.134. The molecule has 4 rings (SSSR count). The minimum absolute atomic E-state index is 0. The van der Waals surface area contributed by atoms with Gasteiger partial charge in [-0.25, -0.2) is 14.8 Å². The first-order valence-corrected chi connectivity index (χ1v) is 11.2. The van der Waals surface area contributed by atoms with E-state index in [-0.39, 0.29) is 54.3 Å². The number of rotatable bonds is 7. The van der Waals surface area contributed by atoms with Crippen LogP contribution in [0.5, 0.6) is 5.75 Å². The van der Waals surface area contributed by atoms with E-state index < -0.39 is 11.9 Å². The number of carbonyl (C=O) groups is 2. The Balaban J connectivity index is 0.00000253. The van der Waals surface area contributed by atoms with E-state index in [2.05, 4.69) is 0 Å². The van der Waals surface area contributed by atoms with Crippen LogP contribution in [0.2, 0.25) is 0 Å². The Labute approximate surface area is 231 Å². The van der Waals surface area contributed by atoms with Gasteiger partial charge in [0.2, 0.25) is 11.9 Å². The van der Waals surface area contributed by atoms with Gasteiger partial charge >= 0.3 is 5.97 Å². The fraction of sp³-hybridized carbons (Fsp3) is 0.200. The minimum atomic E-state index is -0.618. The third kappa shape index (κ3) is 6.69. The van der Waals surface area contributed by atoms with Gasteiger partial charge in [0.25, 0.3) is 0 Å². The van der Waals surface area contributed by atoms with Crippen LogP contribution in [0, 0.1) is 10.8 Å². The third-order valence-electron chi connectivity index (χ3n) is 5.80. The van der Waals surface area contributed by atoms with Gasteiger partial charge in [0.15, 0.2) is 0 Å². The van der Waals surface area contributed by atoms with Crippen molar-refractivity contribution in [1.82, 2.24) is 5.01 Å². The summed E-state index contributed by atoms with van der Waals surface area (Å²) in [4.78, 5) is 24.7. The van der Waals surface area contributed by atoms with E-state index >= 15 is 0 Å². The number of hydrogen-bond donors (Lipinski definition) is 5. The Hall–Kier alpha value is -3.90. The zero-order valence-electron chi connectivity index (χ0n) is 20.3. The molecule has 3 aromatic rings. The number of amides is 1. The first kappa shape index (κ1) is 30.3. The summed E-state index contributed by atoms with van der Waals surface area (Å²) in [5, 5.41) is 20.5. The van der Waals surface area contributed by atoms with Crippen LogP contribution in [0.1, 0.15) is 21.5 Å². The largest absolute Gasteiger partial charge is 0.423 e. The molecule has 0 spiro atoms. The molecular formula is C25H29Cl2N7O4. The maximum Gasteiger partial charge on any atom is 0.343 e. The lowest BCUT2D eigenvalue weighted by Gasteiger charge is -2.37. The molecule has 0 unspecified atom stereocenters. The average Bonchev–Trinajstić information content (AvgIpc) is 2.85. The highest BCUT2D eigenvalue weighted by Crippen LogP contribution is 2.30. The number of amidine groups is 1. The molecule has 1 fully saturated rings. The maximum atomic E-state index is 13.0. The molecule has 0 atom stereocenters. The lowest BCUT2D eigenvalue weighted by Crippen LogP contribution is -2.54. The second-order valence-corrected chi connectivity index (χ2v) is 8.23. The number of ether oxygens (including phenoxy) is 2. The van der Waals surface area contributed by atoms with Gasteiger partial charge in [0, 0.05) is 24.2 Å². The molecule has 0 radical (unpaired) electrons. The highest BCUT2D eigenvalue weighted by Gasteiger charge is 2.22. The summed E-state index contributed by atoms with van der Waals surface area (Å²) in [5.41, 5.74) is 18.8. The van der Waals surface area contributed by atoms with E-state index in [1.165, 1.54) is 0 Å². The maximum absolute atomic E-state index is 13.0. The summed E-state index contributed by atoms with van der Waals surface area (Å²) < 4.78 is 11.0. The number of nitrogen functional groups attached to an aromatic ring is 1. The average molecular weight is 562 g/mol. The van der Waals surface area contributed by atoms with E-state index in [4.69, 9.17) is 37.5 Å². The van der Waals surface area contributed by atoms with E-state index in [0.717, 1.165) is 5.39 Å². The monoisotopic (exact) mass is 561 g/mol. The van der Waals surface area contributed by atoms with Crippen molar-refractivity contribution in [3.63, 3.8) is 0 Å². The van der Waals surface area contributed by atoms with Gasteiger partial charge in [0.05, 0.1) is 30.9 Å². The van der Waals surface area contributed by atoms with E-state index in [9.17, 15) is 9.59 Å². The number of nitrogens with one attached hydrogen (secondary N) is 2. The van der Waals surface area contributed by atoms with Crippen molar-refractivity contribution in [2.45, 2.75) is 6.42 Å². The number of morpholine rings is 1. The van der Waals surface area contributed by atoms with Gasteiger partial charge < -0.3 is 26.7 Å². The second kappa shape index (κ2) is 13.1. The number of nitrogens with zero attached hydrogens (tertiary/aromatic N) is 2. The molecule has 1 aliphatic rings. The summed E-state index contributed by atoms with van der Waals surface area (Å²) in [5.74, 6) is -1.21. The fourth-order valence-corrected chi connectivity index (χ4v) is 4.10. The van der Waals surface area contributed by atoms with Crippen molar-refractivity contribution in [3.8, 4) is 5.75 Å². The minimum Gasteiger partial charge on any atom is -0.423 e. The van der Waals surface area contributed by atoms with Gasteiger partial charge in [-0.15, -0.1) is 24.8 Å². The zero-order chi connectivity index (χ0) is 25.8. The van der Waals surface area contributed by atoms with Crippen LogP contribution in [0.3, 0.4) is 0 Å². The first-order chi connectivity index (χ1) is 17.2. The molecule has 202 valence electrons. The Kier molecular flexibility index (Phi) is 10.4. The predicted octanol–water partition coefficient (Wildman–Crippen LogP) is 2.16. The van der Waals surface area contributed by atoms with Crippen molar-refractivity contribution < 1.29 is 19.1 Å². The highest BCUT2D eigenvalue weighted by molar-refractivity contribution is 6.01. The van der Waals surface area contributed by atoms with Gasteiger partial charge in [-0.05, 0) is 47.2 Å². The van der Waals surface area contributed by atoms with E-state index in [0.29, 0.717) is 48.5 Å². The molecule has 3 aromatic carbocycles. The van der Waals surface area contributed by atoms with Crippen molar-refractivity contribution in [1.29, 1.82) is 10.8 Å². The number of benzene rings is 3. The van der Waals surface area contributed by atoms with Gasteiger partial charge in [-0.1, -0.05) is 18.2 Å². The van der Waals surface area contributed by atoms with Gasteiger partial charge in [0.1, 0.15) is 11.6 Å². The number of primary amides is 1. The van der Waals surface area contributed by atoms with Crippen LogP contribution in [-0.2, 0) is 16.0 Å². The molecule has 1 amide bonds. The van der Waals surface area contributed by atoms with Crippen LogP contribution >= 0.6 is 24.8 Å². The Morgan fingerprint density at radius 2 is 1.55 bits per heavy atom. The van der Waals surface area contributed by atoms with Crippen LogP contribution < -0.4 is 26.9 Å². The molecule has 0 bridgehead atoms. The Morgan fingerprint density at radius 3 is 2.13 bits per heavy atom. The van der Waals surface area contributed by atoms with Gasteiger partial charge in [-0.2, -0.15) is 0 Å². The van der Waals surface area contributed by atoms with Crippen LogP contribution in [0.4, 0.5) is 5.69 Å². The van der Waals surface area contributed by atoms with Crippen LogP contribution in [0.25, 0.3) is 10.8 Å². The van der Waals surface area contributed by atoms with E-state index in [1.807, 2.05) is 5.01 Å². The smallest absolute Gasteiger partial charge is 0.343 e. The summed E-state index contributed by atoms with van der Waals surface area (Å²) in [6.45, 7) is 2.23. The number of nitrogens with two attached hydrogens (primary N) is 3. The number of esters is 1. The molecule has 13 heteroatoms. The van der Waals surface area contributed by atoms with Gasteiger partial charge in [-0.3, -0.25) is 15.6 Å². The van der Waals surface area contributed by atoms with E-state index in [1.54, 1.807) is 59.6 Å². The fourth-order valence-electron chi connectivity index (χ4n) is 4.10. The Morgan fingerprint density at radius 1 is 0.921 bits per heavy atom. The number of hydrazine groups is 1. The Bertz CT molecular complexity index is 1350. The molecule has 8 N–H and O–H groups in total. The first-order valence-electron chi connectivity index (χ1n) is 11.2. The quantitative estimate of drug-likeness (QED) is 0.126. The molecule has 0 saturated carbocycles. The molecular weight excluding hydrogens is 533 g/mol. The summed E-state index contributed by atoms with van der Waals surface area (Å²) in [6, 6.07) is 15.0. The summed E-state index contributed by atoms with van der Waals surface area (Å²) >= 11 is 0. The SMILES string of the molecule is Cl.Cl.N=C(N)c1ccc2c(CC(N)=O)c(OC(=O)c3ccc(N(C(=N)N)N4CCOCC4)cc3)ccc2c1. The lowest BCUT2D eigenvalue weighted by molar-refractivity contribution is -0.117. The normalized spacial score (nSPS) is 13.1. The molecule has 11 nitrogen and oxygen atoms in total. The van der Waals surface area contributed by atoms with Crippen molar-refractivity contribution in [2.75, 3.05) is 31.3 Å². The number of carbonyl (C=O) groups excluding carboxylic acids is 2. The van der Waals surface area contributed by atoms with Crippen molar-refractivity contribution in [3.05, 3.63) is 71.3 Å². The number of fused-ring (bicyclic) bond motifs is 1. The molecule has 0 aromatic heterocycles. The van der Waals surface area contributed by atoms with Crippen LogP contribution in [0.15, 0.2) is 54.6 Å². The molecule has 1 heterocycles. The lowest BCUT2D eigenvalue weighted by atomic mass is 9.98. The summed E-state index contributed by atoms with van der Waals surface area (Å²) in [7, 11) is 0. The van der Waals surface area contributed by atoms with Crippen molar-refractivity contribution in [2.24, 2.45) is 17.2 Å². The molecule has 38 heavy (non-hydrogen) atoms.